The van der Waals surface area contributed by atoms with Gasteiger partial charge in [0.2, 0.25) is 0 Å². The third-order valence-electron chi connectivity index (χ3n) is 6.23. The summed E-state index contributed by atoms with van der Waals surface area (Å²) in [6, 6.07) is 10.3. The number of aliphatic carboxylic acids is 1. The monoisotopic (exact) mass is 430 g/mol. The Bertz CT molecular complexity index is 857. The first kappa shape index (κ1) is 21.3. The van der Waals surface area contributed by atoms with E-state index < -0.39 is 5.97 Å². The predicted molar refractivity (Wildman–Crippen MR) is 118 cm³/mol. The second-order valence-electron chi connectivity index (χ2n) is 8.71. The van der Waals surface area contributed by atoms with Gasteiger partial charge < -0.3 is 20.5 Å². The van der Waals surface area contributed by atoms with Crippen LogP contribution in [0.25, 0.3) is 10.1 Å². The molecule has 1 aromatic heterocycles. The SMILES string of the molecule is CC(=O)O.O=C(N[C@H]1C[C@H]2CNC[C@H]2C[C@@H]1OCC1CC1)c1cc2ccccc2s1. The molecule has 3 N–H and O–H groups in total. The first-order valence-corrected chi connectivity index (χ1v) is 11.6. The lowest BCUT2D eigenvalue weighted by Crippen LogP contribution is -2.50. The molecule has 30 heavy (non-hydrogen) atoms. The van der Waals surface area contributed by atoms with Crippen molar-refractivity contribution in [1.82, 2.24) is 10.6 Å². The van der Waals surface area contributed by atoms with Gasteiger partial charge in [-0.15, -0.1) is 11.3 Å². The van der Waals surface area contributed by atoms with Crippen molar-refractivity contribution in [3.05, 3.63) is 35.2 Å². The van der Waals surface area contributed by atoms with Crippen molar-refractivity contribution in [2.75, 3.05) is 19.7 Å². The average molecular weight is 431 g/mol. The molecule has 1 amide bonds. The highest BCUT2D eigenvalue weighted by molar-refractivity contribution is 7.20. The van der Waals surface area contributed by atoms with E-state index in [9.17, 15) is 4.79 Å². The van der Waals surface area contributed by atoms with Crippen LogP contribution in [0.15, 0.2) is 30.3 Å². The van der Waals surface area contributed by atoms with E-state index in [2.05, 4.69) is 22.8 Å². The molecule has 0 unspecified atom stereocenters. The van der Waals surface area contributed by atoms with Gasteiger partial charge in [-0.1, -0.05) is 18.2 Å². The fraction of sp³-hybridized carbons (Fsp3) is 0.565. The molecule has 1 aromatic carbocycles. The van der Waals surface area contributed by atoms with E-state index in [-0.39, 0.29) is 18.1 Å². The number of carbonyl (C=O) groups is 2. The molecule has 5 rings (SSSR count). The number of carboxylic acid groups (broad SMARTS) is 1. The Morgan fingerprint density at radius 1 is 1.20 bits per heavy atom. The topological polar surface area (TPSA) is 87.7 Å². The number of hydrogen-bond acceptors (Lipinski definition) is 5. The molecule has 3 fully saturated rings. The largest absolute Gasteiger partial charge is 0.481 e. The summed E-state index contributed by atoms with van der Waals surface area (Å²) in [7, 11) is 0. The number of fused-ring (bicyclic) bond motifs is 2. The van der Waals surface area contributed by atoms with Crippen molar-refractivity contribution in [3.63, 3.8) is 0 Å². The molecule has 162 valence electrons. The highest BCUT2D eigenvalue weighted by Gasteiger charge is 2.41. The number of benzene rings is 1. The minimum Gasteiger partial charge on any atom is -0.481 e. The second-order valence-corrected chi connectivity index (χ2v) is 9.80. The Morgan fingerprint density at radius 3 is 2.60 bits per heavy atom. The molecule has 3 aliphatic rings. The summed E-state index contributed by atoms with van der Waals surface area (Å²) in [4.78, 5) is 22.7. The van der Waals surface area contributed by atoms with Crippen LogP contribution in [-0.4, -0.2) is 48.8 Å². The normalized spacial score (nSPS) is 27.8. The van der Waals surface area contributed by atoms with Gasteiger partial charge in [-0.2, -0.15) is 0 Å². The molecule has 7 heteroatoms. The van der Waals surface area contributed by atoms with Gasteiger partial charge in [0.25, 0.3) is 11.9 Å². The Morgan fingerprint density at radius 2 is 1.90 bits per heavy atom. The Labute approximate surface area is 181 Å². The number of hydrogen-bond donors (Lipinski definition) is 3. The second kappa shape index (κ2) is 9.45. The summed E-state index contributed by atoms with van der Waals surface area (Å²) in [6.07, 6.45) is 4.87. The maximum atomic E-state index is 12.9. The standard InChI is InChI=1S/C21H26N2O2S.C2H4O2/c24-21(20-9-14-3-1-2-4-19(14)26-20)23-17-7-15-10-22-11-16(15)8-18(17)25-12-13-5-6-13;1-2(3)4/h1-4,9,13,15-18,22H,5-8,10-12H2,(H,23,24);1H3,(H,3,4)/t15-,16+,17-,18-;/m0./s1. The van der Waals surface area contributed by atoms with Crippen molar-refractivity contribution >= 4 is 33.3 Å². The summed E-state index contributed by atoms with van der Waals surface area (Å²) in [5.41, 5.74) is 0. The highest BCUT2D eigenvalue weighted by atomic mass is 32.1. The summed E-state index contributed by atoms with van der Waals surface area (Å²) in [5, 5.41) is 15.4. The van der Waals surface area contributed by atoms with Crippen LogP contribution in [0.5, 0.6) is 0 Å². The first-order chi connectivity index (χ1) is 14.5. The van der Waals surface area contributed by atoms with Crippen molar-refractivity contribution < 1.29 is 19.4 Å². The summed E-state index contributed by atoms with van der Waals surface area (Å²) < 4.78 is 7.45. The summed E-state index contributed by atoms with van der Waals surface area (Å²) in [5.74, 6) is 1.36. The summed E-state index contributed by atoms with van der Waals surface area (Å²) >= 11 is 1.58. The van der Waals surface area contributed by atoms with Crippen LogP contribution in [0.1, 0.15) is 42.3 Å². The fourth-order valence-corrected chi connectivity index (χ4v) is 5.46. The molecule has 1 aliphatic heterocycles. The average Bonchev–Trinajstić information content (AvgIpc) is 3.25. The van der Waals surface area contributed by atoms with Crippen LogP contribution in [0, 0.1) is 17.8 Å². The van der Waals surface area contributed by atoms with Gasteiger partial charge in [0.1, 0.15) is 0 Å². The van der Waals surface area contributed by atoms with Crippen molar-refractivity contribution in [1.29, 1.82) is 0 Å². The van der Waals surface area contributed by atoms with E-state index in [4.69, 9.17) is 14.6 Å². The van der Waals surface area contributed by atoms with E-state index in [0.29, 0.717) is 11.8 Å². The lowest BCUT2D eigenvalue weighted by molar-refractivity contribution is -0.134. The molecular formula is C23H30N2O4S. The van der Waals surface area contributed by atoms with Crippen LogP contribution < -0.4 is 10.6 Å². The molecule has 0 radical (unpaired) electrons. The third kappa shape index (κ3) is 5.39. The van der Waals surface area contributed by atoms with E-state index in [0.717, 1.165) is 55.6 Å². The Balaban J connectivity index is 0.000000503. The van der Waals surface area contributed by atoms with Gasteiger partial charge >= 0.3 is 0 Å². The minimum atomic E-state index is -0.833. The van der Waals surface area contributed by atoms with Gasteiger partial charge in [-0.25, -0.2) is 0 Å². The maximum Gasteiger partial charge on any atom is 0.300 e. The van der Waals surface area contributed by atoms with E-state index in [1.807, 2.05) is 18.2 Å². The maximum absolute atomic E-state index is 12.9. The van der Waals surface area contributed by atoms with E-state index >= 15 is 0 Å². The number of amides is 1. The number of rotatable bonds is 5. The number of thiophene rings is 1. The lowest BCUT2D eigenvalue weighted by atomic mass is 9.77. The number of carboxylic acids is 1. The molecular weight excluding hydrogens is 400 g/mol. The van der Waals surface area contributed by atoms with Crippen molar-refractivity contribution in [2.24, 2.45) is 17.8 Å². The molecule has 4 atom stereocenters. The summed E-state index contributed by atoms with van der Waals surface area (Å²) in [6.45, 7) is 4.13. The molecule has 1 saturated heterocycles. The van der Waals surface area contributed by atoms with Gasteiger partial charge in [-0.05, 0) is 74.0 Å². The van der Waals surface area contributed by atoms with Crippen molar-refractivity contribution in [2.45, 2.75) is 44.8 Å². The van der Waals surface area contributed by atoms with Crippen molar-refractivity contribution in [3.8, 4) is 0 Å². The predicted octanol–water partition coefficient (Wildman–Crippen LogP) is 3.52. The van der Waals surface area contributed by atoms with E-state index in [1.54, 1.807) is 11.3 Å². The molecule has 2 heterocycles. The highest BCUT2D eigenvalue weighted by Crippen LogP contribution is 2.36. The fourth-order valence-electron chi connectivity index (χ4n) is 4.49. The molecule has 6 nitrogen and oxygen atoms in total. The van der Waals surface area contributed by atoms with Crippen LogP contribution in [0.4, 0.5) is 0 Å². The Kier molecular flexibility index (Phi) is 6.71. The quantitative estimate of drug-likeness (QED) is 0.676. The van der Waals surface area contributed by atoms with Crippen LogP contribution in [-0.2, 0) is 9.53 Å². The zero-order valence-corrected chi connectivity index (χ0v) is 18.1. The molecule has 2 saturated carbocycles. The third-order valence-corrected chi connectivity index (χ3v) is 7.34. The van der Waals surface area contributed by atoms with E-state index in [1.165, 1.54) is 17.5 Å². The zero-order valence-electron chi connectivity index (χ0n) is 17.3. The Hall–Kier alpha value is -1.96. The van der Waals surface area contributed by atoms with Crippen LogP contribution in [0.3, 0.4) is 0 Å². The van der Waals surface area contributed by atoms with Crippen LogP contribution in [0.2, 0.25) is 0 Å². The number of nitrogens with one attached hydrogen (secondary N) is 2. The number of ether oxygens (including phenoxy) is 1. The molecule has 2 aliphatic carbocycles. The zero-order chi connectivity index (χ0) is 21.1. The van der Waals surface area contributed by atoms with Gasteiger partial charge in [0.15, 0.2) is 0 Å². The van der Waals surface area contributed by atoms with Gasteiger partial charge in [-0.3, -0.25) is 9.59 Å². The molecule has 2 aromatic rings. The van der Waals surface area contributed by atoms with Gasteiger partial charge in [0, 0.05) is 18.2 Å². The van der Waals surface area contributed by atoms with Crippen LogP contribution >= 0.6 is 11.3 Å². The lowest BCUT2D eigenvalue weighted by Gasteiger charge is -2.38. The number of carbonyl (C=O) groups excluding carboxylic acids is 1. The minimum absolute atomic E-state index is 0.0561. The molecule has 0 bridgehead atoms. The smallest absolute Gasteiger partial charge is 0.300 e. The first-order valence-electron chi connectivity index (χ1n) is 10.8. The van der Waals surface area contributed by atoms with Gasteiger partial charge in [0.05, 0.1) is 17.0 Å². The molecule has 0 spiro atoms.